The summed E-state index contributed by atoms with van der Waals surface area (Å²) < 4.78 is 19.4. The molecule has 2 aromatic carbocycles. The van der Waals surface area contributed by atoms with E-state index in [2.05, 4.69) is 5.32 Å². The number of carbonyl (C=O) groups excluding carboxylic acids is 1. The Bertz CT molecular complexity index is 1020. The molecule has 0 aliphatic carbocycles. The Balaban J connectivity index is 1.81. The first-order valence-corrected chi connectivity index (χ1v) is 8.94. The minimum absolute atomic E-state index is 0.110. The van der Waals surface area contributed by atoms with Crippen molar-refractivity contribution in [1.29, 1.82) is 0 Å². The van der Waals surface area contributed by atoms with Gasteiger partial charge in [0.2, 0.25) is 0 Å². The number of rotatable bonds is 5. The molecule has 3 aromatic rings. The number of carbonyl (C=O) groups is 1. The molecule has 1 amide bonds. The minimum atomic E-state index is -0.914. The van der Waals surface area contributed by atoms with Crippen molar-refractivity contribution in [1.82, 2.24) is 0 Å². The van der Waals surface area contributed by atoms with Crippen LogP contribution in [0.15, 0.2) is 47.8 Å². The van der Waals surface area contributed by atoms with E-state index in [0.717, 1.165) is 29.5 Å². The zero-order valence-corrected chi connectivity index (χ0v) is 15.6. The summed E-state index contributed by atoms with van der Waals surface area (Å²) in [7, 11) is 0. The standard InChI is InChI=1S/C17H9Cl2FN2O4S/c18-9-5-10(19)7-11(6-9)21-17(23)16-15(3-4-27-16)26-14-2-1-12(22(24)25)8-13(14)20/h1-8H,(H,21,23). The van der Waals surface area contributed by atoms with Crippen LogP contribution in [0.5, 0.6) is 11.5 Å². The number of ether oxygens (including phenoxy) is 1. The number of benzene rings is 2. The number of halogens is 3. The molecule has 0 bridgehead atoms. The normalized spacial score (nSPS) is 10.5. The maximum absolute atomic E-state index is 14.0. The molecule has 0 atom stereocenters. The second kappa shape index (κ2) is 7.91. The number of nitrogens with one attached hydrogen (secondary N) is 1. The zero-order valence-electron chi connectivity index (χ0n) is 13.2. The third-order valence-electron chi connectivity index (χ3n) is 3.30. The highest BCUT2D eigenvalue weighted by atomic mass is 35.5. The van der Waals surface area contributed by atoms with Crippen molar-refractivity contribution in [3.8, 4) is 11.5 Å². The maximum atomic E-state index is 14.0. The van der Waals surface area contributed by atoms with Crippen molar-refractivity contribution in [3.05, 3.63) is 78.7 Å². The molecule has 6 nitrogen and oxygen atoms in total. The number of amides is 1. The van der Waals surface area contributed by atoms with Crippen LogP contribution in [0, 0.1) is 15.9 Å². The van der Waals surface area contributed by atoms with Gasteiger partial charge in [-0.15, -0.1) is 11.3 Å². The molecule has 0 aliphatic rings. The molecule has 0 unspecified atom stereocenters. The lowest BCUT2D eigenvalue weighted by molar-refractivity contribution is -0.385. The number of nitro groups is 1. The van der Waals surface area contributed by atoms with Gasteiger partial charge in [-0.2, -0.15) is 0 Å². The number of hydrogen-bond acceptors (Lipinski definition) is 5. The van der Waals surface area contributed by atoms with E-state index < -0.39 is 22.3 Å². The summed E-state index contributed by atoms with van der Waals surface area (Å²) in [4.78, 5) is 22.6. The highest BCUT2D eigenvalue weighted by molar-refractivity contribution is 7.12. The first-order valence-electron chi connectivity index (χ1n) is 7.30. The summed E-state index contributed by atoms with van der Waals surface area (Å²) >= 11 is 12.9. The van der Waals surface area contributed by atoms with E-state index in [1.54, 1.807) is 5.38 Å². The van der Waals surface area contributed by atoms with E-state index in [0.29, 0.717) is 15.7 Å². The monoisotopic (exact) mass is 426 g/mol. The first-order chi connectivity index (χ1) is 12.8. The van der Waals surface area contributed by atoms with E-state index in [-0.39, 0.29) is 16.4 Å². The molecule has 0 fully saturated rings. The van der Waals surface area contributed by atoms with Crippen molar-refractivity contribution in [2.24, 2.45) is 0 Å². The van der Waals surface area contributed by atoms with Gasteiger partial charge in [0, 0.05) is 21.8 Å². The van der Waals surface area contributed by atoms with Crippen LogP contribution < -0.4 is 10.1 Å². The molecule has 10 heteroatoms. The lowest BCUT2D eigenvalue weighted by atomic mass is 10.3. The Labute approximate surface area is 166 Å². The molecule has 138 valence electrons. The largest absolute Gasteiger partial charge is 0.453 e. The molecule has 0 saturated heterocycles. The van der Waals surface area contributed by atoms with Gasteiger partial charge in [0.15, 0.2) is 17.3 Å². The molecule has 0 aliphatic heterocycles. The minimum Gasteiger partial charge on any atom is -0.453 e. The van der Waals surface area contributed by atoms with Gasteiger partial charge in [-0.1, -0.05) is 23.2 Å². The van der Waals surface area contributed by atoms with Gasteiger partial charge in [-0.05, 0) is 35.7 Å². The molecule has 0 radical (unpaired) electrons. The number of non-ortho nitro benzene ring substituents is 1. The van der Waals surface area contributed by atoms with E-state index in [1.165, 1.54) is 24.3 Å². The molecular formula is C17H9Cl2FN2O4S. The Morgan fingerprint density at radius 3 is 2.44 bits per heavy atom. The second-order valence-corrected chi connectivity index (χ2v) is 6.99. The average Bonchev–Trinajstić information content (AvgIpc) is 3.04. The molecule has 3 rings (SSSR count). The number of thiophene rings is 1. The quantitative estimate of drug-likeness (QED) is 0.391. The van der Waals surface area contributed by atoms with Crippen LogP contribution >= 0.6 is 34.5 Å². The van der Waals surface area contributed by atoms with Gasteiger partial charge >= 0.3 is 0 Å². The smallest absolute Gasteiger partial charge is 0.272 e. The summed E-state index contributed by atoms with van der Waals surface area (Å²) in [5, 5.41) is 15.6. The molecule has 27 heavy (non-hydrogen) atoms. The van der Waals surface area contributed by atoms with Crippen molar-refractivity contribution in [3.63, 3.8) is 0 Å². The van der Waals surface area contributed by atoms with Crippen molar-refractivity contribution in [2.75, 3.05) is 5.32 Å². The zero-order chi connectivity index (χ0) is 19.6. The van der Waals surface area contributed by atoms with E-state index >= 15 is 0 Å². The fourth-order valence-electron chi connectivity index (χ4n) is 2.16. The fourth-order valence-corrected chi connectivity index (χ4v) is 3.40. The predicted molar refractivity (Wildman–Crippen MR) is 102 cm³/mol. The summed E-state index contributed by atoms with van der Waals surface area (Å²) in [6, 6.07) is 9.05. The Morgan fingerprint density at radius 2 is 1.81 bits per heavy atom. The fraction of sp³-hybridized carbons (Fsp3) is 0. The van der Waals surface area contributed by atoms with Crippen LogP contribution in [0.3, 0.4) is 0 Å². The Kier molecular flexibility index (Phi) is 5.59. The second-order valence-electron chi connectivity index (χ2n) is 5.20. The van der Waals surface area contributed by atoms with Gasteiger partial charge in [-0.25, -0.2) is 4.39 Å². The number of hydrogen-bond donors (Lipinski definition) is 1. The van der Waals surface area contributed by atoms with Crippen molar-refractivity contribution in [2.45, 2.75) is 0 Å². The molecule has 0 saturated carbocycles. The summed E-state index contributed by atoms with van der Waals surface area (Å²) in [5.74, 6) is -1.54. The van der Waals surface area contributed by atoms with Crippen molar-refractivity contribution < 1.29 is 18.8 Å². The van der Waals surface area contributed by atoms with Crippen LogP contribution in [0.1, 0.15) is 9.67 Å². The summed E-state index contributed by atoms with van der Waals surface area (Å²) in [5.41, 5.74) is -0.0145. The lowest BCUT2D eigenvalue weighted by Crippen LogP contribution is -2.11. The number of nitro benzene ring substituents is 1. The first kappa shape index (κ1) is 19.1. The summed E-state index contributed by atoms with van der Waals surface area (Å²) in [6.07, 6.45) is 0. The Hall–Kier alpha value is -2.68. The van der Waals surface area contributed by atoms with E-state index in [9.17, 15) is 19.3 Å². The molecule has 0 spiro atoms. The predicted octanol–water partition coefficient (Wildman–Crippen LogP) is 6.15. The number of anilines is 1. The van der Waals surface area contributed by atoms with E-state index in [1.807, 2.05) is 0 Å². The maximum Gasteiger partial charge on any atom is 0.272 e. The molecule has 1 heterocycles. The highest BCUT2D eigenvalue weighted by Gasteiger charge is 2.18. The molecular weight excluding hydrogens is 418 g/mol. The van der Waals surface area contributed by atoms with Crippen LogP contribution in [-0.2, 0) is 0 Å². The van der Waals surface area contributed by atoms with Gasteiger partial charge < -0.3 is 10.1 Å². The molecule has 1 aromatic heterocycles. The average molecular weight is 427 g/mol. The van der Waals surface area contributed by atoms with Gasteiger partial charge in [0.25, 0.3) is 11.6 Å². The number of nitrogens with zero attached hydrogens (tertiary/aromatic N) is 1. The van der Waals surface area contributed by atoms with Gasteiger partial charge in [0.05, 0.1) is 11.0 Å². The van der Waals surface area contributed by atoms with Crippen LogP contribution in [0.2, 0.25) is 10.0 Å². The van der Waals surface area contributed by atoms with Gasteiger partial charge in [0.1, 0.15) is 4.88 Å². The topological polar surface area (TPSA) is 81.5 Å². The SMILES string of the molecule is O=C(Nc1cc(Cl)cc(Cl)c1)c1sccc1Oc1ccc([N+](=O)[O-])cc1F. The van der Waals surface area contributed by atoms with Gasteiger partial charge in [-0.3, -0.25) is 14.9 Å². The van der Waals surface area contributed by atoms with Crippen LogP contribution in [-0.4, -0.2) is 10.8 Å². The highest BCUT2D eigenvalue weighted by Crippen LogP contribution is 2.33. The lowest BCUT2D eigenvalue weighted by Gasteiger charge is -2.09. The van der Waals surface area contributed by atoms with Crippen LogP contribution in [0.25, 0.3) is 0 Å². The Morgan fingerprint density at radius 1 is 1.11 bits per heavy atom. The third-order valence-corrected chi connectivity index (χ3v) is 4.63. The third kappa shape index (κ3) is 4.54. The molecule has 1 N–H and O–H groups in total. The van der Waals surface area contributed by atoms with Crippen molar-refractivity contribution >= 4 is 51.8 Å². The van der Waals surface area contributed by atoms with E-state index in [4.69, 9.17) is 27.9 Å². The summed E-state index contributed by atoms with van der Waals surface area (Å²) in [6.45, 7) is 0. The van der Waals surface area contributed by atoms with Crippen LogP contribution in [0.4, 0.5) is 15.8 Å².